The predicted octanol–water partition coefficient (Wildman–Crippen LogP) is 3.34. The van der Waals surface area contributed by atoms with Crippen LogP contribution < -0.4 is 4.90 Å². The normalized spacial score (nSPS) is 14.6. The van der Waals surface area contributed by atoms with E-state index in [2.05, 4.69) is 20.0 Å². The van der Waals surface area contributed by atoms with Crippen LogP contribution in [-0.2, 0) is 18.4 Å². The molecule has 1 fully saturated rings. The van der Waals surface area contributed by atoms with Crippen molar-refractivity contribution in [1.29, 1.82) is 0 Å². The Morgan fingerprint density at radius 3 is 2.44 bits per heavy atom. The van der Waals surface area contributed by atoms with Crippen LogP contribution in [0.25, 0.3) is 11.4 Å². The van der Waals surface area contributed by atoms with Gasteiger partial charge in [-0.3, -0.25) is 9.48 Å². The maximum atomic E-state index is 13.4. The molecular weight excluding hydrogens is 414 g/mol. The van der Waals surface area contributed by atoms with Gasteiger partial charge in [0.25, 0.3) is 0 Å². The Morgan fingerprint density at radius 1 is 1.12 bits per heavy atom. The molecule has 168 valence electrons. The van der Waals surface area contributed by atoms with E-state index in [4.69, 9.17) is 0 Å². The molecule has 0 bridgehead atoms. The third-order valence-corrected chi connectivity index (χ3v) is 5.90. The summed E-state index contributed by atoms with van der Waals surface area (Å²) in [4.78, 5) is 25.4. The molecular formula is C23H26F2N6O. The summed E-state index contributed by atoms with van der Waals surface area (Å²) in [6, 6.07) is 5.30. The van der Waals surface area contributed by atoms with Crippen molar-refractivity contribution >= 4 is 11.7 Å². The lowest BCUT2D eigenvalue weighted by Gasteiger charge is -2.34. The van der Waals surface area contributed by atoms with Crippen molar-refractivity contribution in [1.82, 2.24) is 24.6 Å². The Kier molecular flexibility index (Phi) is 6.16. The van der Waals surface area contributed by atoms with Crippen LogP contribution in [0.3, 0.4) is 0 Å². The summed E-state index contributed by atoms with van der Waals surface area (Å²) in [7, 11) is 3.56. The molecule has 0 saturated carbocycles. The SMILES string of the molecule is Cc1cnn(C)c1-c1cc(N2CCC(C(=O)N(C)Cc3cc(F)cc(F)c3)CC2)ncn1. The van der Waals surface area contributed by atoms with E-state index in [9.17, 15) is 13.6 Å². The van der Waals surface area contributed by atoms with Gasteiger partial charge in [-0.05, 0) is 43.0 Å². The van der Waals surface area contributed by atoms with Gasteiger partial charge in [0, 0.05) is 51.8 Å². The minimum Gasteiger partial charge on any atom is -0.356 e. The van der Waals surface area contributed by atoms with Gasteiger partial charge >= 0.3 is 0 Å². The smallest absolute Gasteiger partial charge is 0.225 e. The monoisotopic (exact) mass is 440 g/mol. The van der Waals surface area contributed by atoms with Gasteiger partial charge in [0.2, 0.25) is 5.91 Å². The van der Waals surface area contributed by atoms with Crippen molar-refractivity contribution < 1.29 is 13.6 Å². The number of hydrogen-bond donors (Lipinski definition) is 0. The molecule has 1 aliphatic heterocycles. The fourth-order valence-corrected chi connectivity index (χ4v) is 4.29. The van der Waals surface area contributed by atoms with Crippen LogP contribution in [0.4, 0.5) is 14.6 Å². The molecule has 9 heteroatoms. The van der Waals surface area contributed by atoms with E-state index in [-0.39, 0.29) is 18.4 Å². The van der Waals surface area contributed by atoms with Crippen LogP contribution in [0.1, 0.15) is 24.0 Å². The van der Waals surface area contributed by atoms with Gasteiger partial charge < -0.3 is 9.80 Å². The number of benzene rings is 1. The molecule has 3 heterocycles. The fraction of sp³-hybridized carbons (Fsp3) is 0.391. The molecule has 0 spiro atoms. The molecule has 0 aliphatic carbocycles. The van der Waals surface area contributed by atoms with E-state index in [1.54, 1.807) is 23.0 Å². The number of hydrogen-bond acceptors (Lipinski definition) is 5. The number of aromatic nitrogens is 4. The lowest BCUT2D eigenvalue weighted by molar-refractivity contribution is -0.135. The first kappa shape index (κ1) is 21.9. The standard InChI is InChI=1S/C23H26F2N6O/c1-15-12-28-30(3)22(15)20-11-21(27-14-26-20)31-6-4-17(5-7-31)23(32)29(2)13-16-8-18(24)10-19(25)9-16/h8-12,14,17H,4-7,13H2,1-3H3. The highest BCUT2D eigenvalue weighted by Gasteiger charge is 2.28. The van der Waals surface area contributed by atoms with Gasteiger partial charge in [0.1, 0.15) is 23.8 Å². The third-order valence-electron chi connectivity index (χ3n) is 5.90. The number of anilines is 1. The molecule has 0 N–H and O–H groups in total. The van der Waals surface area contributed by atoms with Crippen LogP contribution in [0.5, 0.6) is 0 Å². The van der Waals surface area contributed by atoms with Crippen molar-refractivity contribution in [3.63, 3.8) is 0 Å². The fourth-order valence-electron chi connectivity index (χ4n) is 4.29. The highest BCUT2D eigenvalue weighted by atomic mass is 19.1. The van der Waals surface area contributed by atoms with Crippen LogP contribution in [0, 0.1) is 24.5 Å². The molecule has 3 aromatic rings. The Labute approximate surface area is 185 Å². The number of nitrogens with zero attached hydrogens (tertiary/aromatic N) is 6. The average molecular weight is 440 g/mol. The molecule has 32 heavy (non-hydrogen) atoms. The van der Waals surface area contributed by atoms with Crippen molar-refractivity contribution in [2.24, 2.45) is 13.0 Å². The van der Waals surface area contributed by atoms with Crippen molar-refractivity contribution in [3.05, 3.63) is 59.6 Å². The van der Waals surface area contributed by atoms with Gasteiger partial charge in [-0.1, -0.05) is 0 Å². The number of amides is 1. The maximum absolute atomic E-state index is 13.4. The first-order chi connectivity index (χ1) is 15.3. The number of rotatable bonds is 5. The molecule has 1 amide bonds. The van der Waals surface area contributed by atoms with E-state index in [1.807, 2.05) is 26.2 Å². The Balaban J connectivity index is 1.39. The molecule has 1 saturated heterocycles. The van der Waals surface area contributed by atoms with Gasteiger partial charge in [-0.15, -0.1) is 0 Å². The summed E-state index contributed by atoms with van der Waals surface area (Å²) in [5.41, 5.74) is 3.25. The van der Waals surface area contributed by atoms with Gasteiger partial charge in [0.15, 0.2) is 0 Å². The molecule has 1 aromatic carbocycles. The topological polar surface area (TPSA) is 67.2 Å². The van der Waals surface area contributed by atoms with Crippen molar-refractivity contribution in [2.75, 3.05) is 25.0 Å². The largest absolute Gasteiger partial charge is 0.356 e. The summed E-state index contributed by atoms with van der Waals surface area (Å²) in [5.74, 6) is -0.594. The summed E-state index contributed by atoms with van der Waals surface area (Å²) >= 11 is 0. The molecule has 1 aliphatic rings. The minimum atomic E-state index is -0.639. The molecule has 4 rings (SSSR count). The van der Waals surface area contributed by atoms with Crippen LogP contribution >= 0.6 is 0 Å². The maximum Gasteiger partial charge on any atom is 0.225 e. The summed E-state index contributed by atoms with van der Waals surface area (Å²) in [6.45, 7) is 3.56. The van der Waals surface area contributed by atoms with Gasteiger partial charge in [0.05, 0.1) is 17.6 Å². The van der Waals surface area contributed by atoms with Crippen LogP contribution in [-0.4, -0.2) is 50.7 Å². The highest BCUT2D eigenvalue weighted by molar-refractivity contribution is 5.79. The third kappa shape index (κ3) is 4.61. The predicted molar refractivity (Wildman–Crippen MR) is 117 cm³/mol. The van der Waals surface area contributed by atoms with Gasteiger partial charge in [-0.2, -0.15) is 5.10 Å². The van der Waals surface area contributed by atoms with Crippen molar-refractivity contribution in [3.8, 4) is 11.4 Å². The van der Waals surface area contributed by atoms with Crippen LogP contribution in [0.15, 0.2) is 36.8 Å². The van der Waals surface area contributed by atoms with Crippen LogP contribution in [0.2, 0.25) is 0 Å². The van der Waals surface area contributed by atoms with Gasteiger partial charge in [-0.25, -0.2) is 18.7 Å². The zero-order valence-corrected chi connectivity index (χ0v) is 18.4. The zero-order valence-electron chi connectivity index (χ0n) is 18.4. The second-order valence-corrected chi connectivity index (χ2v) is 8.29. The second kappa shape index (κ2) is 9.02. The number of aryl methyl sites for hydroxylation is 2. The zero-order chi connectivity index (χ0) is 22.8. The summed E-state index contributed by atoms with van der Waals surface area (Å²) in [6.07, 6.45) is 4.73. The number of halogens is 2. The number of piperidine rings is 1. The summed E-state index contributed by atoms with van der Waals surface area (Å²) < 4.78 is 28.7. The van der Waals surface area contributed by atoms with E-state index < -0.39 is 11.6 Å². The molecule has 0 radical (unpaired) electrons. The quantitative estimate of drug-likeness (QED) is 0.609. The molecule has 7 nitrogen and oxygen atoms in total. The second-order valence-electron chi connectivity index (χ2n) is 8.29. The Bertz CT molecular complexity index is 1080. The number of carbonyl (C=O) groups excluding carboxylic acids is 1. The van der Waals surface area contributed by atoms with E-state index in [0.717, 1.165) is 28.8 Å². The Hall–Kier alpha value is -3.36. The highest BCUT2D eigenvalue weighted by Crippen LogP contribution is 2.27. The lowest BCUT2D eigenvalue weighted by atomic mass is 9.95. The molecule has 2 aromatic heterocycles. The first-order valence-corrected chi connectivity index (χ1v) is 10.6. The van der Waals surface area contributed by atoms with Crippen molar-refractivity contribution in [2.45, 2.75) is 26.3 Å². The van der Waals surface area contributed by atoms with E-state index >= 15 is 0 Å². The van der Waals surface area contributed by atoms with E-state index in [1.165, 1.54) is 12.1 Å². The average Bonchev–Trinajstić information content (AvgIpc) is 3.10. The molecule has 0 atom stereocenters. The molecule has 0 unspecified atom stereocenters. The summed E-state index contributed by atoms with van der Waals surface area (Å²) in [5, 5.41) is 4.28. The minimum absolute atomic E-state index is 0.0109. The Morgan fingerprint density at radius 2 is 1.81 bits per heavy atom. The number of carbonyl (C=O) groups is 1. The van der Waals surface area contributed by atoms with E-state index in [0.29, 0.717) is 31.5 Å². The lowest BCUT2D eigenvalue weighted by Crippen LogP contribution is -2.41. The first-order valence-electron chi connectivity index (χ1n) is 10.6.